The number of aromatic nitrogens is 2. The average Bonchev–Trinajstić information content (AvgIpc) is 2.74. The van der Waals surface area contributed by atoms with Crippen LogP contribution in [0.5, 0.6) is 0 Å². The lowest BCUT2D eigenvalue weighted by Gasteiger charge is -2.26. The minimum absolute atomic E-state index is 0.749. The number of aryl methyl sites for hydroxylation is 2. The quantitative estimate of drug-likeness (QED) is 0.836. The lowest BCUT2D eigenvalue weighted by atomic mass is 9.83. The van der Waals surface area contributed by atoms with Crippen molar-refractivity contribution >= 4 is 5.69 Å². The van der Waals surface area contributed by atoms with Crippen molar-refractivity contribution in [3.05, 3.63) is 48.0 Å². The van der Waals surface area contributed by atoms with Crippen LogP contribution in [-0.2, 0) is 13.0 Å². The van der Waals surface area contributed by atoms with Crippen LogP contribution in [0.1, 0.15) is 36.4 Å². The highest BCUT2D eigenvalue weighted by Gasteiger charge is 2.22. The van der Waals surface area contributed by atoms with Crippen LogP contribution in [0.4, 0.5) is 5.69 Å². The van der Waals surface area contributed by atoms with Gasteiger partial charge in [-0.25, -0.2) is 4.98 Å². The number of rotatable bonds is 4. The summed E-state index contributed by atoms with van der Waals surface area (Å²) in [6.07, 6.45) is 9.06. The Morgan fingerprint density at radius 3 is 2.67 bits per heavy atom. The Morgan fingerprint density at radius 2 is 2.00 bits per heavy atom. The Balaban J connectivity index is 1.66. The van der Waals surface area contributed by atoms with Crippen LogP contribution in [0.2, 0.25) is 0 Å². The van der Waals surface area contributed by atoms with Gasteiger partial charge in [-0.1, -0.05) is 18.6 Å². The lowest BCUT2D eigenvalue weighted by molar-refractivity contribution is 0.396. The van der Waals surface area contributed by atoms with Crippen molar-refractivity contribution in [3.63, 3.8) is 0 Å². The van der Waals surface area contributed by atoms with Crippen molar-refractivity contribution in [1.82, 2.24) is 9.55 Å². The molecule has 0 bridgehead atoms. The molecule has 0 saturated heterocycles. The summed E-state index contributed by atoms with van der Waals surface area (Å²) in [6.45, 7) is 1.01. The first-order chi connectivity index (χ1) is 8.83. The van der Waals surface area contributed by atoms with Gasteiger partial charge < -0.3 is 10.3 Å². The normalized spacial score (nSPS) is 15.6. The SMILES string of the molecule is Nc1ccc(CCn2cncc2C2CCC2)cc1. The third-order valence-electron chi connectivity index (χ3n) is 3.89. The molecule has 0 radical (unpaired) electrons. The van der Waals surface area contributed by atoms with Crippen molar-refractivity contribution in [2.45, 2.75) is 38.1 Å². The summed E-state index contributed by atoms with van der Waals surface area (Å²) in [5.41, 5.74) is 9.27. The highest BCUT2D eigenvalue weighted by Crippen LogP contribution is 2.36. The van der Waals surface area contributed by atoms with E-state index in [1.165, 1.54) is 30.5 Å². The van der Waals surface area contributed by atoms with Crippen LogP contribution in [0, 0.1) is 0 Å². The molecule has 1 aromatic carbocycles. The summed E-state index contributed by atoms with van der Waals surface area (Å²) in [4.78, 5) is 4.29. The Hall–Kier alpha value is -1.77. The van der Waals surface area contributed by atoms with Gasteiger partial charge in [-0.05, 0) is 37.0 Å². The van der Waals surface area contributed by atoms with E-state index in [1.54, 1.807) is 0 Å². The number of anilines is 1. The van der Waals surface area contributed by atoms with E-state index in [4.69, 9.17) is 5.73 Å². The van der Waals surface area contributed by atoms with Crippen LogP contribution in [-0.4, -0.2) is 9.55 Å². The average molecular weight is 241 g/mol. The third kappa shape index (κ3) is 2.26. The highest BCUT2D eigenvalue weighted by atomic mass is 15.0. The van der Waals surface area contributed by atoms with Gasteiger partial charge >= 0.3 is 0 Å². The maximum atomic E-state index is 5.69. The zero-order chi connectivity index (χ0) is 12.4. The van der Waals surface area contributed by atoms with Crippen LogP contribution in [0.15, 0.2) is 36.8 Å². The van der Waals surface area contributed by atoms with Crippen LogP contribution >= 0.6 is 0 Å². The fourth-order valence-corrected chi connectivity index (χ4v) is 2.50. The molecule has 0 aliphatic heterocycles. The molecule has 1 saturated carbocycles. The van der Waals surface area contributed by atoms with Gasteiger partial charge in [0, 0.05) is 30.0 Å². The van der Waals surface area contributed by atoms with Crippen LogP contribution in [0.25, 0.3) is 0 Å². The predicted molar refractivity (Wildman–Crippen MR) is 73.4 cm³/mol. The second-order valence-electron chi connectivity index (χ2n) is 5.13. The van der Waals surface area contributed by atoms with E-state index >= 15 is 0 Å². The van der Waals surface area contributed by atoms with Crippen molar-refractivity contribution in [2.24, 2.45) is 0 Å². The number of hydrogen-bond donors (Lipinski definition) is 1. The molecule has 1 aliphatic rings. The molecule has 2 aromatic rings. The van der Waals surface area contributed by atoms with Crippen molar-refractivity contribution in [3.8, 4) is 0 Å². The fraction of sp³-hybridized carbons (Fsp3) is 0.400. The smallest absolute Gasteiger partial charge is 0.0948 e. The molecule has 0 unspecified atom stereocenters. The number of nitrogen functional groups attached to an aromatic ring is 1. The third-order valence-corrected chi connectivity index (χ3v) is 3.89. The van der Waals surface area contributed by atoms with Gasteiger partial charge in [0.15, 0.2) is 0 Å². The fourth-order valence-electron chi connectivity index (χ4n) is 2.50. The molecule has 3 heteroatoms. The first-order valence-electron chi connectivity index (χ1n) is 6.67. The maximum absolute atomic E-state index is 5.69. The standard InChI is InChI=1S/C15H19N3/c16-14-6-4-12(5-7-14)8-9-18-11-17-10-15(18)13-2-1-3-13/h4-7,10-11,13H,1-3,8-9,16H2. The zero-order valence-electron chi connectivity index (χ0n) is 10.5. The van der Waals surface area contributed by atoms with Crippen LogP contribution in [0.3, 0.4) is 0 Å². The van der Waals surface area contributed by atoms with Crippen molar-refractivity contribution in [2.75, 3.05) is 5.73 Å². The molecule has 0 spiro atoms. The molecule has 1 fully saturated rings. The minimum atomic E-state index is 0.749. The first-order valence-corrected chi connectivity index (χ1v) is 6.67. The summed E-state index contributed by atoms with van der Waals surface area (Å²) in [5, 5.41) is 0. The summed E-state index contributed by atoms with van der Waals surface area (Å²) in [6, 6.07) is 8.15. The second-order valence-corrected chi connectivity index (χ2v) is 5.13. The van der Waals surface area contributed by atoms with E-state index in [-0.39, 0.29) is 0 Å². The van der Waals surface area contributed by atoms with Gasteiger partial charge in [-0.3, -0.25) is 0 Å². The van der Waals surface area contributed by atoms with E-state index in [0.29, 0.717) is 0 Å². The summed E-state index contributed by atoms with van der Waals surface area (Å²) in [7, 11) is 0. The molecule has 3 rings (SSSR count). The Kier molecular flexibility index (Phi) is 3.05. The lowest BCUT2D eigenvalue weighted by Crippen LogP contribution is -2.14. The van der Waals surface area contributed by atoms with E-state index in [2.05, 4.69) is 21.7 Å². The van der Waals surface area contributed by atoms with E-state index in [9.17, 15) is 0 Å². The van der Waals surface area contributed by atoms with E-state index in [1.807, 2.05) is 24.7 Å². The largest absolute Gasteiger partial charge is 0.399 e. The molecule has 1 aliphatic carbocycles. The predicted octanol–water partition coefficient (Wildman–Crippen LogP) is 2.98. The molecule has 0 atom stereocenters. The Labute approximate surface area is 108 Å². The molecular weight excluding hydrogens is 222 g/mol. The van der Waals surface area contributed by atoms with Gasteiger partial charge in [-0.15, -0.1) is 0 Å². The van der Waals surface area contributed by atoms with Crippen molar-refractivity contribution < 1.29 is 0 Å². The number of hydrogen-bond acceptors (Lipinski definition) is 2. The van der Waals surface area contributed by atoms with E-state index < -0.39 is 0 Å². The van der Waals surface area contributed by atoms with Gasteiger partial charge in [0.2, 0.25) is 0 Å². The molecule has 2 N–H and O–H groups in total. The monoisotopic (exact) mass is 241 g/mol. The Bertz CT molecular complexity index is 509. The number of nitrogens with zero attached hydrogens (tertiary/aromatic N) is 2. The number of benzene rings is 1. The Morgan fingerprint density at radius 1 is 1.22 bits per heavy atom. The number of imidazole rings is 1. The molecule has 1 aromatic heterocycles. The zero-order valence-corrected chi connectivity index (χ0v) is 10.5. The minimum Gasteiger partial charge on any atom is -0.399 e. The topological polar surface area (TPSA) is 43.8 Å². The molecule has 94 valence electrons. The van der Waals surface area contributed by atoms with E-state index in [0.717, 1.165) is 24.6 Å². The molecule has 3 nitrogen and oxygen atoms in total. The van der Waals surface area contributed by atoms with Gasteiger partial charge in [0.25, 0.3) is 0 Å². The summed E-state index contributed by atoms with van der Waals surface area (Å²) >= 11 is 0. The molecular formula is C15H19N3. The van der Waals surface area contributed by atoms with Gasteiger partial charge in [0.1, 0.15) is 0 Å². The highest BCUT2D eigenvalue weighted by molar-refractivity contribution is 5.39. The van der Waals surface area contributed by atoms with Gasteiger partial charge in [-0.2, -0.15) is 0 Å². The number of nitrogens with two attached hydrogens (primary N) is 1. The summed E-state index contributed by atoms with van der Waals surface area (Å²) in [5.74, 6) is 0.749. The molecule has 18 heavy (non-hydrogen) atoms. The molecule has 0 amide bonds. The van der Waals surface area contributed by atoms with Crippen LogP contribution < -0.4 is 5.73 Å². The summed E-state index contributed by atoms with van der Waals surface area (Å²) < 4.78 is 2.31. The molecule has 1 heterocycles. The van der Waals surface area contributed by atoms with Crippen molar-refractivity contribution in [1.29, 1.82) is 0 Å². The van der Waals surface area contributed by atoms with Gasteiger partial charge in [0.05, 0.1) is 6.33 Å². The second kappa shape index (κ2) is 4.84. The maximum Gasteiger partial charge on any atom is 0.0948 e. The first kappa shape index (κ1) is 11.3.